The lowest BCUT2D eigenvalue weighted by atomic mass is 10.2. The predicted molar refractivity (Wildman–Crippen MR) is 62.9 cm³/mol. The van der Waals surface area contributed by atoms with Gasteiger partial charge in [0.15, 0.2) is 0 Å². The number of hydrogen-bond donors (Lipinski definition) is 1. The van der Waals surface area contributed by atoms with Crippen LogP contribution in [0.4, 0.5) is 0 Å². The third-order valence-electron chi connectivity index (χ3n) is 1.91. The first-order valence-corrected chi connectivity index (χ1v) is 5.50. The van der Waals surface area contributed by atoms with Crippen LogP contribution < -0.4 is 10.1 Å². The molecule has 0 aromatic heterocycles. The number of aryl methyl sites for hydroxylation is 1. The van der Waals surface area contributed by atoms with E-state index in [0.717, 1.165) is 16.8 Å². The molecule has 0 fully saturated rings. The Balaban J connectivity index is 2.67. The fourth-order valence-corrected chi connectivity index (χ4v) is 1.83. The minimum atomic E-state index is 0.180. The van der Waals surface area contributed by atoms with Crippen molar-refractivity contribution in [1.82, 2.24) is 5.32 Å². The second kappa shape index (κ2) is 5.37. The summed E-state index contributed by atoms with van der Waals surface area (Å²) in [5.41, 5.74) is 1.23. The van der Waals surface area contributed by atoms with Crippen LogP contribution in [0.15, 0.2) is 22.7 Å². The summed E-state index contributed by atoms with van der Waals surface area (Å²) >= 11 is 3.48. The van der Waals surface area contributed by atoms with Crippen molar-refractivity contribution < 1.29 is 4.74 Å². The highest BCUT2D eigenvalue weighted by atomic mass is 79.9. The number of ether oxygens (including phenoxy) is 1. The molecule has 78 valence electrons. The molecule has 1 rings (SSSR count). The molecule has 0 radical (unpaired) electrons. The van der Waals surface area contributed by atoms with Crippen LogP contribution in [0.5, 0.6) is 5.75 Å². The molecular formula is C11H16BrNO. The standard InChI is InChI=1S/C11H16BrNO/c1-8-4-5-11(10(12)6-8)14-9(2)7-13-3/h4-6,9,13H,7H2,1-3H3. The Labute approximate surface area is 93.8 Å². The van der Waals surface area contributed by atoms with Crippen LogP contribution in [0, 0.1) is 6.92 Å². The summed E-state index contributed by atoms with van der Waals surface area (Å²) in [6, 6.07) is 6.10. The third kappa shape index (κ3) is 3.31. The highest BCUT2D eigenvalue weighted by Crippen LogP contribution is 2.26. The summed E-state index contributed by atoms with van der Waals surface area (Å²) in [7, 11) is 1.92. The maximum atomic E-state index is 5.73. The summed E-state index contributed by atoms with van der Waals surface area (Å²) in [6.07, 6.45) is 0.180. The van der Waals surface area contributed by atoms with Gasteiger partial charge in [0.05, 0.1) is 4.47 Å². The second-order valence-electron chi connectivity index (χ2n) is 3.42. The van der Waals surface area contributed by atoms with Crippen molar-refractivity contribution in [2.24, 2.45) is 0 Å². The molecule has 1 unspecified atom stereocenters. The van der Waals surface area contributed by atoms with Gasteiger partial charge in [-0.2, -0.15) is 0 Å². The van der Waals surface area contributed by atoms with Crippen molar-refractivity contribution in [3.8, 4) is 5.75 Å². The monoisotopic (exact) mass is 257 g/mol. The maximum absolute atomic E-state index is 5.73. The van der Waals surface area contributed by atoms with Gasteiger partial charge in [-0.15, -0.1) is 0 Å². The normalized spacial score (nSPS) is 12.6. The van der Waals surface area contributed by atoms with E-state index >= 15 is 0 Å². The summed E-state index contributed by atoms with van der Waals surface area (Å²) < 4.78 is 6.75. The van der Waals surface area contributed by atoms with E-state index in [1.54, 1.807) is 0 Å². The zero-order valence-corrected chi connectivity index (χ0v) is 10.4. The SMILES string of the molecule is CNCC(C)Oc1ccc(C)cc1Br. The molecule has 1 aromatic carbocycles. The first-order valence-electron chi connectivity index (χ1n) is 4.71. The molecule has 2 nitrogen and oxygen atoms in total. The number of rotatable bonds is 4. The average molecular weight is 258 g/mol. The van der Waals surface area contributed by atoms with E-state index in [4.69, 9.17) is 4.74 Å². The van der Waals surface area contributed by atoms with Gasteiger partial charge in [0, 0.05) is 6.54 Å². The van der Waals surface area contributed by atoms with Crippen LogP contribution in [0.1, 0.15) is 12.5 Å². The van der Waals surface area contributed by atoms with Crippen LogP contribution >= 0.6 is 15.9 Å². The summed E-state index contributed by atoms with van der Waals surface area (Å²) in [5.74, 6) is 0.901. The topological polar surface area (TPSA) is 21.3 Å². The molecule has 14 heavy (non-hydrogen) atoms. The molecule has 0 aliphatic rings. The van der Waals surface area contributed by atoms with Crippen molar-refractivity contribution in [1.29, 1.82) is 0 Å². The molecule has 1 atom stereocenters. The van der Waals surface area contributed by atoms with Crippen LogP contribution in [-0.4, -0.2) is 19.7 Å². The van der Waals surface area contributed by atoms with Gasteiger partial charge < -0.3 is 10.1 Å². The van der Waals surface area contributed by atoms with Gasteiger partial charge in [-0.1, -0.05) is 6.07 Å². The highest BCUT2D eigenvalue weighted by molar-refractivity contribution is 9.10. The van der Waals surface area contributed by atoms with Crippen molar-refractivity contribution >= 4 is 15.9 Å². The van der Waals surface area contributed by atoms with E-state index in [2.05, 4.69) is 34.2 Å². The van der Waals surface area contributed by atoms with Gasteiger partial charge in [0.25, 0.3) is 0 Å². The molecule has 0 spiro atoms. The molecule has 0 saturated heterocycles. The molecule has 0 aliphatic carbocycles. The highest BCUT2D eigenvalue weighted by Gasteiger charge is 2.05. The molecule has 0 bridgehead atoms. The Bertz CT molecular complexity index is 301. The maximum Gasteiger partial charge on any atom is 0.133 e. The Morgan fingerprint density at radius 1 is 1.50 bits per heavy atom. The van der Waals surface area contributed by atoms with Gasteiger partial charge >= 0.3 is 0 Å². The number of benzene rings is 1. The minimum Gasteiger partial charge on any atom is -0.488 e. The van der Waals surface area contributed by atoms with Crippen LogP contribution in [-0.2, 0) is 0 Å². The zero-order valence-electron chi connectivity index (χ0n) is 8.80. The van der Waals surface area contributed by atoms with Crippen LogP contribution in [0.2, 0.25) is 0 Å². The largest absolute Gasteiger partial charge is 0.488 e. The Morgan fingerprint density at radius 3 is 2.79 bits per heavy atom. The average Bonchev–Trinajstić information content (AvgIpc) is 2.10. The third-order valence-corrected chi connectivity index (χ3v) is 2.53. The van der Waals surface area contributed by atoms with E-state index in [9.17, 15) is 0 Å². The van der Waals surface area contributed by atoms with E-state index in [-0.39, 0.29) is 6.10 Å². The first kappa shape index (κ1) is 11.5. The fraction of sp³-hybridized carbons (Fsp3) is 0.455. The summed E-state index contributed by atoms with van der Waals surface area (Å²) in [4.78, 5) is 0. The van der Waals surface area contributed by atoms with E-state index in [0.29, 0.717) is 0 Å². The number of halogens is 1. The van der Waals surface area contributed by atoms with Crippen molar-refractivity contribution in [3.63, 3.8) is 0 Å². The Kier molecular flexibility index (Phi) is 4.42. The van der Waals surface area contributed by atoms with Crippen molar-refractivity contribution in [3.05, 3.63) is 28.2 Å². The fourth-order valence-electron chi connectivity index (χ4n) is 1.25. The van der Waals surface area contributed by atoms with Crippen LogP contribution in [0.3, 0.4) is 0 Å². The van der Waals surface area contributed by atoms with E-state index < -0.39 is 0 Å². The predicted octanol–water partition coefficient (Wildman–Crippen LogP) is 2.74. The molecule has 0 amide bonds. The van der Waals surface area contributed by atoms with Gasteiger partial charge in [-0.25, -0.2) is 0 Å². The lowest BCUT2D eigenvalue weighted by Gasteiger charge is -2.15. The van der Waals surface area contributed by atoms with Crippen molar-refractivity contribution in [2.75, 3.05) is 13.6 Å². The second-order valence-corrected chi connectivity index (χ2v) is 4.27. The molecule has 1 aromatic rings. The summed E-state index contributed by atoms with van der Waals surface area (Å²) in [6.45, 7) is 4.95. The number of likely N-dealkylation sites (N-methyl/N-ethyl adjacent to an activating group) is 1. The van der Waals surface area contributed by atoms with E-state index in [1.165, 1.54) is 5.56 Å². The van der Waals surface area contributed by atoms with E-state index in [1.807, 2.05) is 26.1 Å². The smallest absolute Gasteiger partial charge is 0.133 e. The van der Waals surface area contributed by atoms with Gasteiger partial charge in [-0.05, 0) is 54.5 Å². The lowest BCUT2D eigenvalue weighted by molar-refractivity contribution is 0.219. The van der Waals surface area contributed by atoms with Gasteiger partial charge in [0.1, 0.15) is 11.9 Å². The molecule has 0 saturated carbocycles. The Hall–Kier alpha value is -0.540. The molecule has 0 aliphatic heterocycles. The molecule has 1 N–H and O–H groups in total. The molecular weight excluding hydrogens is 242 g/mol. The Morgan fingerprint density at radius 2 is 2.21 bits per heavy atom. The first-order chi connectivity index (χ1) is 6.63. The lowest BCUT2D eigenvalue weighted by Crippen LogP contribution is -2.26. The van der Waals surface area contributed by atoms with Gasteiger partial charge in [-0.3, -0.25) is 0 Å². The zero-order chi connectivity index (χ0) is 10.6. The van der Waals surface area contributed by atoms with Crippen LogP contribution in [0.25, 0.3) is 0 Å². The number of nitrogens with one attached hydrogen (secondary N) is 1. The van der Waals surface area contributed by atoms with Crippen molar-refractivity contribution in [2.45, 2.75) is 20.0 Å². The van der Waals surface area contributed by atoms with Gasteiger partial charge in [0.2, 0.25) is 0 Å². The molecule has 0 heterocycles. The molecule has 3 heteroatoms. The quantitative estimate of drug-likeness (QED) is 0.896. The summed E-state index contributed by atoms with van der Waals surface area (Å²) in [5, 5.41) is 3.08. The number of hydrogen-bond acceptors (Lipinski definition) is 2. The minimum absolute atomic E-state index is 0.180.